The third kappa shape index (κ3) is 4.33. The number of halogens is 1. The molecule has 0 radical (unpaired) electrons. The van der Waals surface area contributed by atoms with Gasteiger partial charge >= 0.3 is 0 Å². The van der Waals surface area contributed by atoms with E-state index in [0.717, 1.165) is 39.6 Å². The van der Waals surface area contributed by atoms with Crippen LogP contribution in [0.2, 0.25) is 5.02 Å². The smallest absolute Gasteiger partial charge is 0.224 e. The Hall–Kier alpha value is -2.59. The number of benzene rings is 2. The molecule has 1 amide bonds. The van der Waals surface area contributed by atoms with Gasteiger partial charge in [-0.25, -0.2) is 4.68 Å². The van der Waals surface area contributed by atoms with E-state index in [-0.39, 0.29) is 5.91 Å². The van der Waals surface area contributed by atoms with Crippen LogP contribution in [0.4, 0.5) is 0 Å². The highest BCUT2D eigenvalue weighted by atomic mass is 35.5. The summed E-state index contributed by atoms with van der Waals surface area (Å²) in [5, 5.41) is 8.30. The van der Waals surface area contributed by atoms with E-state index in [0.29, 0.717) is 13.0 Å². The minimum absolute atomic E-state index is 0.0118. The molecule has 134 valence electrons. The summed E-state index contributed by atoms with van der Waals surface area (Å²) in [4.78, 5) is 12.3. The summed E-state index contributed by atoms with van der Waals surface area (Å²) in [6.07, 6.45) is 1.12. The van der Waals surface area contributed by atoms with Gasteiger partial charge in [-0.2, -0.15) is 5.10 Å². The highest BCUT2D eigenvalue weighted by Gasteiger charge is 2.15. The van der Waals surface area contributed by atoms with Crippen molar-refractivity contribution in [1.29, 1.82) is 0 Å². The first-order valence-electron chi connectivity index (χ1n) is 8.66. The van der Waals surface area contributed by atoms with E-state index in [2.05, 4.69) is 10.4 Å². The van der Waals surface area contributed by atoms with Crippen molar-refractivity contribution in [3.8, 4) is 5.69 Å². The maximum atomic E-state index is 12.3. The van der Waals surface area contributed by atoms with Crippen LogP contribution in [0.3, 0.4) is 0 Å². The number of rotatable bonds is 6. The minimum atomic E-state index is 0.0118. The van der Waals surface area contributed by atoms with Crippen molar-refractivity contribution in [2.75, 3.05) is 6.54 Å². The lowest BCUT2D eigenvalue weighted by Gasteiger charge is -2.07. The van der Waals surface area contributed by atoms with Crippen LogP contribution in [0.15, 0.2) is 54.6 Å². The molecule has 3 aromatic rings. The Bertz CT molecular complexity index is 886. The molecule has 1 N–H and O–H groups in total. The number of amides is 1. The maximum Gasteiger partial charge on any atom is 0.224 e. The van der Waals surface area contributed by atoms with E-state index in [1.807, 2.05) is 73.1 Å². The minimum Gasteiger partial charge on any atom is -0.355 e. The van der Waals surface area contributed by atoms with Crippen molar-refractivity contribution < 1.29 is 4.79 Å². The van der Waals surface area contributed by atoms with Gasteiger partial charge in [0.15, 0.2) is 0 Å². The largest absolute Gasteiger partial charge is 0.355 e. The molecule has 0 unspecified atom stereocenters. The summed E-state index contributed by atoms with van der Waals surface area (Å²) in [6.45, 7) is 4.55. The normalized spacial score (nSPS) is 10.7. The van der Waals surface area contributed by atoms with E-state index in [4.69, 9.17) is 11.6 Å². The number of aromatic nitrogens is 2. The lowest BCUT2D eigenvalue weighted by molar-refractivity contribution is -0.120. The van der Waals surface area contributed by atoms with Crippen LogP contribution in [-0.4, -0.2) is 22.2 Å². The number of nitrogens with zero attached hydrogens (tertiary/aromatic N) is 2. The van der Waals surface area contributed by atoms with Crippen LogP contribution >= 0.6 is 11.6 Å². The Morgan fingerprint density at radius 2 is 1.77 bits per heavy atom. The molecule has 5 heteroatoms. The molecule has 0 aliphatic carbocycles. The van der Waals surface area contributed by atoms with Gasteiger partial charge < -0.3 is 5.32 Å². The number of aryl methyl sites for hydroxylation is 1. The molecule has 0 fully saturated rings. The van der Waals surface area contributed by atoms with Crippen molar-refractivity contribution in [2.24, 2.45) is 0 Å². The van der Waals surface area contributed by atoms with Gasteiger partial charge in [0.1, 0.15) is 0 Å². The quantitative estimate of drug-likeness (QED) is 0.714. The molecule has 1 heterocycles. The fourth-order valence-electron chi connectivity index (χ4n) is 2.97. The van der Waals surface area contributed by atoms with Crippen LogP contribution in [0.25, 0.3) is 5.69 Å². The highest BCUT2D eigenvalue weighted by Crippen LogP contribution is 2.18. The number of hydrogen-bond donors (Lipinski definition) is 1. The number of hydrogen-bond acceptors (Lipinski definition) is 2. The summed E-state index contributed by atoms with van der Waals surface area (Å²) >= 11 is 5.88. The first-order chi connectivity index (χ1) is 12.5. The number of carbonyl (C=O) groups is 1. The van der Waals surface area contributed by atoms with Gasteiger partial charge in [0.25, 0.3) is 0 Å². The first kappa shape index (κ1) is 18.2. The first-order valence-corrected chi connectivity index (χ1v) is 9.04. The molecule has 0 spiro atoms. The molecule has 0 saturated carbocycles. The molecular weight excluding hydrogens is 346 g/mol. The fourth-order valence-corrected chi connectivity index (χ4v) is 3.10. The van der Waals surface area contributed by atoms with Crippen molar-refractivity contribution in [1.82, 2.24) is 15.1 Å². The Labute approximate surface area is 158 Å². The second kappa shape index (κ2) is 8.19. The molecule has 2 aromatic carbocycles. The number of para-hydroxylation sites is 1. The Morgan fingerprint density at radius 3 is 2.46 bits per heavy atom. The molecule has 0 saturated heterocycles. The van der Waals surface area contributed by atoms with Crippen LogP contribution < -0.4 is 5.32 Å². The second-order valence-electron chi connectivity index (χ2n) is 6.30. The van der Waals surface area contributed by atoms with Crippen LogP contribution in [0.5, 0.6) is 0 Å². The second-order valence-corrected chi connectivity index (χ2v) is 6.74. The van der Waals surface area contributed by atoms with Gasteiger partial charge in [-0.05, 0) is 50.1 Å². The Balaban J connectivity index is 1.61. The van der Waals surface area contributed by atoms with Crippen LogP contribution in [0.1, 0.15) is 22.5 Å². The van der Waals surface area contributed by atoms with Crippen LogP contribution in [0, 0.1) is 13.8 Å². The van der Waals surface area contributed by atoms with E-state index in [9.17, 15) is 4.79 Å². The van der Waals surface area contributed by atoms with Crippen molar-refractivity contribution >= 4 is 17.5 Å². The third-order valence-corrected chi connectivity index (χ3v) is 4.68. The fraction of sp³-hybridized carbons (Fsp3) is 0.238. The van der Waals surface area contributed by atoms with Crippen molar-refractivity contribution in [3.05, 3.63) is 82.1 Å². The zero-order chi connectivity index (χ0) is 18.5. The SMILES string of the molecule is Cc1nn(-c2ccccc2)c(C)c1CC(=O)NCCc1ccc(Cl)cc1. The monoisotopic (exact) mass is 367 g/mol. The predicted octanol–water partition coefficient (Wildman–Crippen LogP) is 4.04. The molecule has 26 heavy (non-hydrogen) atoms. The molecule has 0 atom stereocenters. The molecule has 0 aliphatic heterocycles. The van der Waals surface area contributed by atoms with Gasteiger partial charge in [-0.3, -0.25) is 4.79 Å². The summed E-state index contributed by atoms with van der Waals surface area (Å²) < 4.78 is 1.89. The van der Waals surface area contributed by atoms with Gasteiger partial charge in [0, 0.05) is 22.8 Å². The molecular formula is C21H22ClN3O. The van der Waals surface area contributed by atoms with Gasteiger partial charge in [-0.1, -0.05) is 41.9 Å². The van der Waals surface area contributed by atoms with Crippen LogP contribution in [-0.2, 0) is 17.6 Å². The standard InChI is InChI=1S/C21H22ClN3O/c1-15-20(16(2)25(24-15)19-6-4-3-5-7-19)14-21(26)23-13-12-17-8-10-18(22)11-9-17/h3-11H,12-14H2,1-2H3,(H,23,26). The van der Waals surface area contributed by atoms with Crippen molar-refractivity contribution in [2.45, 2.75) is 26.7 Å². The zero-order valence-corrected chi connectivity index (χ0v) is 15.8. The van der Waals surface area contributed by atoms with Gasteiger partial charge in [0.05, 0.1) is 17.8 Å². The summed E-state index contributed by atoms with van der Waals surface area (Å²) in [5.74, 6) is 0.0118. The summed E-state index contributed by atoms with van der Waals surface area (Å²) in [7, 11) is 0. The Kier molecular flexibility index (Phi) is 5.74. The average Bonchev–Trinajstić information content (AvgIpc) is 2.92. The van der Waals surface area contributed by atoms with E-state index >= 15 is 0 Å². The molecule has 0 aliphatic rings. The molecule has 4 nitrogen and oxygen atoms in total. The topological polar surface area (TPSA) is 46.9 Å². The van der Waals surface area contributed by atoms with Gasteiger partial charge in [-0.15, -0.1) is 0 Å². The summed E-state index contributed by atoms with van der Waals surface area (Å²) in [6, 6.07) is 17.6. The predicted molar refractivity (Wildman–Crippen MR) is 105 cm³/mol. The Morgan fingerprint density at radius 1 is 1.08 bits per heavy atom. The summed E-state index contributed by atoms with van der Waals surface area (Å²) in [5.41, 5.74) is 5.03. The number of carbonyl (C=O) groups excluding carboxylic acids is 1. The number of nitrogens with one attached hydrogen (secondary N) is 1. The highest BCUT2D eigenvalue weighted by molar-refractivity contribution is 6.30. The van der Waals surface area contributed by atoms with E-state index < -0.39 is 0 Å². The maximum absolute atomic E-state index is 12.3. The van der Waals surface area contributed by atoms with E-state index in [1.165, 1.54) is 0 Å². The molecule has 1 aromatic heterocycles. The lowest BCUT2D eigenvalue weighted by Crippen LogP contribution is -2.27. The average molecular weight is 368 g/mol. The van der Waals surface area contributed by atoms with Crippen molar-refractivity contribution in [3.63, 3.8) is 0 Å². The van der Waals surface area contributed by atoms with Gasteiger partial charge in [0.2, 0.25) is 5.91 Å². The third-order valence-electron chi connectivity index (χ3n) is 4.43. The molecule has 3 rings (SSSR count). The zero-order valence-electron chi connectivity index (χ0n) is 15.0. The molecule has 0 bridgehead atoms. The lowest BCUT2D eigenvalue weighted by atomic mass is 10.1. The van der Waals surface area contributed by atoms with E-state index in [1.54, 1.807) is 0 Å².